The zero-order valence-corrected chi connectivity index (χ0v) is 13.2. The van der Waals surface area contributed by atoms with Crippen LogP contribution >= 0.6 is 11.6 Å². The van der Waals surface area contributed by atoms with E-state index in [9.17, 15) is 14.7 Å². The van der Waals surface area contributed by atoms with Gasteiger partial charge in [0.1, 0.15) is 11.3 Å². The number of halogens is 1. The van der Waals surface area contributed by atoms with Crippen LogP contribution in [0, 0.1) is 5.92 Å². The van der Waals surface area contributed by atoms with Gasteiger partial charge in [-0.3, -0.25) is 4.79 Å². The molecular formula is C16H20ClNO4. The number of hydrogen-bond donors (Lipinski definition) is 2. The van der Waals surface area contributed by atoms with E-state index in [2.05, 4.69) is 12.2 Å². The minimum atomic E-state index is -0.771. The minimum absolute atomic E-state index is 0.0493. The van der Waals surface area contributed by atoms with Crippen molar-refractivity contribution in [2.45, 2.75) is 38.6 Å². The van der Waals surface area contributed by atoms with Crippen molar-refractivity contribution in [3.63, 3.8) is 0 Å². The summed E-state index contributed by atoms with van der Waals surface area (Å²) in [4.78, 5) is 23.6. The van der Waals surface area contributed by atoms with Crippen molar-refractivity contribution >= 4 is 23.5 Å². The largest absolute Gasteiger partial charge is 0.507 e. The van der Waals surface area contributed by atoms with E-state index >= 15 is 0 Å². The number of benzene rings is 1. The van der Waals surface area contributed by atoms with Gasteiger partial charge in [0.15, 0.2) is 6.61 Å². The van der Waals surface area contributed by atoms with Gasteiger partial charge in [0, 0.05) is 11.1 Å². The Kier molecular flexibility index (Phi) is 5.66. The number of rotatable bonds is 4. The molecule has 1 aliphatic rings. The van der Waals surface area contributed by atoms with Gasteiger partial charge in [-0.1, -0.05) is 18.5 Å². The van der Waals surface area contributed by atoms with Gasteiger partial charge in [-0.05, 0) is 49.8 Å². The van der Waals surface area contributed by atoms with E-state index in [4.69, 9.17) is 16.3 Å². The smallest absolute Gasteiger partial charge is 0.342 e. The van der Waals surface area contributed by atoms with E-state index in [1.165, 1.54) is 18.2 Å². The van der Waals surface area contributed by atoms with E-state index < -0.39 is 5.97 Å². The standard InChI is InChI=1S/C16H20ClNO4/c1-10-2-5-12(6-3-10)18-15(20)9-22-16(21)13-8-11(17)4-7-14(13)19/h4,7-8,10,12,19H,2-3,5-6,9H2,1H3,(H,18,20). The topological polar surface area (TPSA) is 75.6 Å². The Morgan fingerprint density at radius 3 is 2.68 bits per heavy atom. The first-order valence-electron chi connectivity index (χ1n) is 7.40. The van der Waals surface area contributed by atoms with Crippen molar-refractivity contribution in [1.29, 1.82) is 0 Å². The maximum atomic E-state index is 11.8. The van der Waals surface area contributed by atoms with E-state index in [-0.39, 0.29) is 29.9 Å². The molecule has 0 heterocycles. The number of phenolic OH excluding ortho intramolecular Hbond substituents is 1. The predicted octanol–water partition coefficient (Wildman–Crippen LogP) is 2.90. The molecule has 0 bridgehead atoms. The highest BCUT2D eigenvalue weighted by molar-refractivity contribution is 6.31. The van der Waals surface area contributed by atoms with Crippen LogP contribution in [-0.4, -0.2) is 29.6 Å². The zero-order valence-electron chi connectivity index (χ0n) is 12.5. The first-order valence-corrected chi connectivity index (χ1v) is 7.78. The zero-order chi connectivity index (χ0) is 16.1. The number of carbonyl (C=O) groups is 2. The summed E-state index contributed by atoms with van der Waals surface area (Å²) in [5.41, 5.74) is -0.0493. The lowest BCUT2D eigenvalue weighted by Crippen LogP contribution is -2.39. The minimum Gasteiger partial charge on any atom is -0.507 e. The van der Waals surface area contributed by atoms with Crippen LogP contribution in [0.2, 0.25) is 5.02 Å². The molecule has 0 radical (unpaired) electrons. The molecule has 1 fully saturated rings. The molecular weight excluding hydrogens is 306 g/mol. The third-order valence-corrected chi connectivity index (χ3v) is 4.13. The molecule has 2 N–H and O–H groups in total. The Hall–Kier alpha value is -1.75. The highest BCUT2D eigenvalue weighted by atomic mass is 35.5. The molecule has 0 spiro atoms. The van der Waals surface area contributed by atoms with Crippen LogP contribution in [0.15, 0.2) is 18.2 Å². The second-order valence-electron chi connectivity index (χ2n) is 5.76. The molecule has 1 aromatic carbocycles. The van der Waals surface area contributed by atoms with Gasteiger partial charge in [0.25, 0.3) is 5.91 Å². The maximum Gasteiger partial charge on any atom is 0.342 e. The number of hydrogen-bond acceptors (Lipinski definition) is 4. The maximum absolute atomic E-state index is 11.8. The first kappa shape index (κ1) is 16.6. The average molecular weight is 326 g/mol. The van der Waals surface area contributed by atoms with Gasteiger partial charge in [0.2, 0.25) is 0 Å². The Morgan fingerprint density at radius 1 is 1.32 bits per heavy atom. The summed E-state index contributed by atoms with van der Waals surface area (Å²) in [6, 6.07) is 4.23. The highest BCUT2D eigenvalue weighted by Crippen LogP contribution is 2.24. The van der Waals surface area contributed by atoms with E-state index in [1.54, 1.807) is 0 Å². The van der Waals surface area contributed by atoms with Crippen molar-refractivity contribution in [3.8, 4) is 5.75 Å². The van der Waals surface area contributed by atoms with Crippen molar-refractivity contribution in [3.05, 3.63) is 28.8 Å². The monoisotopic (exact) mass is 325 g/mol. The normalized spacial score (nSPS) is 21.2. The number of phenols is 1. The molecule has 1 aromatic rings. The molecule has 1 amide bonds. The molecule has 1 aliphatic carbocycles. The number of aromatic hydroxyl groups is 1. The van der Waals surface area contributed by atoms with Gasteiger partial charge in [-0.15, -0.1) is 0 Å². The summed E-state index contributed by atoms with van der Waals surface area (Å²) < 4.78 is 4.92. The van der Waals surface area contributed by atoms with Gasteiger partial charge in [-0.2, -0.15) is 0 Å². The van der Waals surface area contributed by atoms with Crippen LogP contribution in [0.25, 0.3) is 0 Å². The van der Waals surface area contributed by atoms with Crippen LogP contribution in [0.5, 0.6) is 5.75 Å². The van der Waals surface area contributed by atoms with Gasteiger partial charge < -0.3 is 15.2 Å². The first-order chi connectivity index (χ1) is 10.5. The molecule has 2 rings (SSSR count). The fourth-order valence-electron chi connectivity index (χ4n) is 2.55. The van der Waals surface area contributed by atoms with Crippen LogP contribution in [0.4, 0.5) is 0 Å². The lowest BCUT2D eigenvalue weighted by atomic mass is 9.87. The number of nitrogens with one attached hydrogen (secondary N) is 1. The molecule has 22 heavy (non-hydrogen) atoms. The van der Waals surface area contributed by atoms with Crippen LogP contribution in [-0.2, 0) is 9.53 Å². The predicted molar refractivity (Wildman–Crippen MR) is 83.0 cm³/mol. The molecule has 120 valence electrons. The molecule has 5 nitrogen and oxygen atoms in total. The lowest BCUT2D eigenvalue weighted by Gasteiger charge is -2.26. The third kappa shape index (κ3) is 4.63. The fourth-order valence-corrected chi connectivity index (χ4v) is 2.73. The second kappa shape index (κ2) is 7.49. The SMILES string of the molecule is CC1CCC(NC(=O)COC(=O)c2cc(Cl)ccc2O)CC1. The summed E-state index contributed by atoms with van der Waals surface area (Å²) in [6.07, 6.45) is 4.11. The number of esters is 1. The summed E-state index contributed by atoms with van der Waals surface area (Å²) in [7, 11) is 0. The van der Waals surface area contributed by atoms with E-state index in [0.29, 0.717) is 10.9 Å². The molecule has 0 aliphatic heterocycles. The Bertz CT molecular complexity index is 553. The van der Waals surface area contributed by atoms with Gasteiger partial charge in [0.05, 0.1) is 0 Å². The average Bonchev–Trinajstić information content (AvgIpc) is 2.49. The summed E-state index contributed by atoms with van der Waals surface area (Å²) in [5, 5.41) is 12.8. The molecule has 0 unspecified atom stereocenters. The van der Waals surface area contributed by atoms with Crippen molar-refractivity contribution < 1.29 is 19.4 Å². The molecule has 0 aromatic heterocycles. The number of carbonyl (C=O) groups excluding carboxylic acids is 2. The Balaban J connectivity index is 1.80. The Labute approximate surface area is 134 Å². The third-order valence-electron chi connectivity index (χ3n) is 3.89. The molecule has 6 heteroatoms. The summed E-state index contributed by atoms with van der Waals surface area (Å²) >= 11 is 5.77. The van der Waals surface area contributed by atoms with Crippen molar-refractivity contribution in [2.75, 3.05) is 6.61 Å². The van der Waals surface area contributed by atoms with Crippen molar-refractivity contribution in [2.24, 2.45) is 5.92 Å². The second-order valence-corrected chi connectivity index (χ2v) is 6.20. The lowest BCUT2D eigenvalue weighted by molar-refractivity contribution is -0.125. The van der Waals surface area contributed by atoms with Crippen molar-refractivity contribution in [1.82, 2.24) is 5.32 Å². The van der Waals surface area contributed by atoms with Gasteiger partial charge >= 0.3 is 5.97 Å². The van der Waals surface area contributed by atoms with Crippen LogP contribution < -0.4 is 5.32 Å². The van der Waals surface area contributed by atoms with Crippen LogP contribution in [0.3, 0.4) is 0 Å². The van der Waals surface area contributed by atoms with E-state index in [1.807, 2.05) is 0 Å². The Morgan fingerprint density at radius 2 is 2.00 bits per heavy atom. The molecule has 0 saturated heterocycles. The molecule has 0 atom stereocenters. The van der Waals surface area contributed by atoms with E-state index in [0.717, 1.165) is 25.7 Å². The van der Waals surface area contributed by atoms with Gasteiger partial charge in [-0.25, -0.2) is 4.79 Å². The highest BCUT2D eigenvalue weighted by Gasteiger charge is 2.21. The summed E-state index contributed by atoms with van der Waals surface area (Å²) in [6.45, 7) is 1.84. The van der Waals surface area contributed by atoms with Crippen LogP contribution in [0.1, 0.15) is 43.0 Å². The fraction of sp³-hybridized carbons (Fsp3) is 0.500. The summed E-state index contributed by atoms with van der Waals surface area (Å²) in [5.74, 6) is -0.616. The molecule has 1 saturated carbocycles. The number of amides is 1. The quantitative estimate of drug-likeness (QED) is 0.835. The number of ether oxygens (including phenoxy) is 1.